The first-order chi connectivity index (χ1) is 9.93. The van der Waals surface area contributed by atoms with E-state index >= 15 is 0 Å². The Morgan fingerprint density at radius 3 is 2.81 bits per heavy atom. The van der Waals surface area contributed by atoms with E-state index in [0.717, 1.165) is 0 Å². The van der Waals surface area contributed by atoms with Gasteiger partial charge in [-0.25, -0.2) is 9.78 Å². The van der Waals surface area contributed by atoms with E-state index in [-0.39, 0.29) is 22.8 Å². The molecule has 0 aliphatic heterocycles. The van der Waals surface area contributed by atoms with Gasteiger partial charge in [0.1, 0.15) is 12.4 Å². The summed E-state index contributed by atoms with van der Waals surface area (Å²) in [5.41, 5.74) is 1.05. The predicted molar refractivity (Wildman–Crippen MR) is 75.6 cm³/mol. The summed E-state index contributed by atoms with van der Waals surface area (Å²) in [6.45, 7) is 1.56. The molecule has 0 aliphatic carbocycles. The number of rotatable bonds is 4. The molecular formula is C14H12ClN3O3. The molecule has 0 spiro atoms. The van der Waals surface area contributed by atoms with Crippen molar-refractivity contribution in [3.05, 3.63) is 46.5 Å². The number of nitrogens with zero attached hydrogens (tertiary/aromatic N) is 3. The number of aliphatic hydroxyl groups excluding tert-OH is 1. The number of hydrogen-bond acceptors (Lipinski definition) is 4. The minimum Gasteiger partial charge on any atom is -0.477 e. The highest BCUT2D eigenvalue weighted by Crippen LogP contribution is 2.22. The van der Waals surface area contributed by atoms with Gasteiger partial charge in [0.05, 0.1) is 22.4 Å². The molecule has 0 aliphatic rings. The van der Waals surface area contributed by atoms with E-state index in [1.807, 2.05) is 6.07 Å². The van der Waals surface area contributed by atoms with Gasteiger partial charge in [-0.2, -0.15) is 5.26 Å². The number of hydrogen-bond donors (Lipinski definition) is 2. The van der Waals surface area contributed by atoms with Crippen LogP contribution in [0.1, 0.15) is 28.7 Å². The van der Waals surface area contributed by atoms with Crippen LogP contribution in [-0.2, 0) is 6.42 Å². The fourth-order valence-electron chi connectivity index (χ4n) is 1.98. The van der Waals surface area contributed by atoms with Gasteiger partial charge in [-0.1, -0.05) is 11.6 Å². The van der Waals surface area contributed by atoms with Crippen LogP contribution in [0.15, 0.2) is 24.5 Å². The highest BCUT2D eigenvalue weighted by molar-refractivity contribution is 6.31. The Bertz CT molecular complexity index is 732. The summed E-state index contributed by atoms with van der Waals surface area (Å²) in [5, 5.41) is 27.8. The zero-order chi connectivity index (χ0) is 15.6. The molecule has 2 aromatic rings. The number of aromatic carboxylic acids is 1. The zero-order valence-electron chi connectivity index (χ0n) is 11.1. The van der Waals surface area contributed by atoms with Crippen LogP contribution in [0.4, 0.5) is 0 Å². The average Bonchev–Trinajstić information content (AvgIpc) is 2.81. The van der Waals surface area contributed by atoms with Crippen molar-refractivity contribution in [2.45, 2.75) is 19.4 Å². The Morgan fingerprint density at radius 1 is 1.57 bits per heavy atom. The van der Waals surface area contributed by atoms with E-state index in [4.69, 9.17) is 16.9 Å². The third-order valence-corrected chi connectivity index (χ3v) is 3.20. The van der Waals surface area contributed by atoms with Crippen molar-refractivity contribution in [3.8, 4) is 11.8 Å². The predicted octanol–water partition coefficient (Wildman–Crippen LogP) is 2.02. The van der Waals surface area contributed by atoms with Crippen LogP contribution in [-0.4, -0.2) is 31.8 Å². The van der Waals surface area contributed by atoms with Crippen molar-refractivity contribution < 1.29 is 15.0 Å². The molecule has 7 heteroatoms. The first-order valence-electron chi connectivity index (χ1n) is 6.11. The van der Waals surface area contributed by atoms with Crippen LogP contribution in [0.3, 0.4) is 0 Å². The first-order valence-corrected chi connectivity index (χ1v) is 6.49. The molecule has 0 amide bonds. The molecule has 1 unspecified atom stereocenters. The van der Waals surface area contributed by atoms with Gasteiger partial charge in [0.25, 0.3) is 0 Å². The molecule has 1 atom stereocenters. The number of carboxylic acids is 1. The lowest BCUT2D eigenvalue weighted by Crippen LogP contribution is -2.13. The molecule has 0 bridgehead atoms. The van der Waals surface area contributed by atoms with Crippen LogP contribution < -0.4 is 0 Å². The standard InChI is InChI=1S/C14H12ClN3O3/c1-8(19)4-12-13(14(20)21)18(7-17-12)10-3-2-9(6-16)11(15)5-10/h2-3,5,7-8,19H,4H2,1H3,(H,20,21). The number of carboxylic acid groups (broad SMARTS) is 1. The minimum atomic E-state index is -1.15. The maximum Gasteiger partial charge on any atom is 0.354 e. The van der Waals surface area contributed by atoms with Crippen molar-refractivity contribution in [3.63, 3.8) is 0 Å². The molecule has 2 rings (SSSR count). The summed E-state index contributed by atoms with van der Waals surface area (Å²) in [6.07, 6.45) is 0.799. The van der Waals surface area contributed by atoms with E-state index in [1.165, 1.54) is 23.0 Å². The van der Waals surface area contributed by atoms with Crippen molar-refractivity contribution in [1.29, 1.82) is 5.26 Å². The summed E-state index contributed by atoms with van der Waals surface area (Å²) in [5.74, 6) is -1.15. The number of carbonyl (C=O) groups is 1. The van der Waals surface area contributed by atoms with Crippen molar-refractivity contribution in [1.82, 2.24) is 9.55 Å². The lowest BCUT2D eigenvalue weighted by molar-refractivity contribution is 0.0686. The quantitative estimate of drug-likeness (QED) is 0.900. The van der Waals surface area contributed by atoms with Gasteiger partial charge in [0.15, 0.2) is 5.69 Å². The molecule has 21 heavy (non-hydrogen) atoms. The second-order valence-electron chi connectivity index (χ2n) is 4.54. The maximum atomic E-state index is 11.4. The summed E-state index contributed by atoms with van der Waals surface area (Å²) in [6, 6.07) is 6.54. The number of aromatic nitrogens is 2. The van der Waals surface area contributed by atoms with Gasteiger partial charge >= 0.3 is 5.97 Å². The van der Waals surface area contributed by atoms with Crippen LogP contribution in [0.25, 0.3) is 5.69 Å². The number of aliphatic hydroxyl groups is 1. The molecule has 0 fully saturated rings. The van der Waals surface area contributed by atoms with Gasteiger partial charge in [0, 0.05) is 12.1 Å². The molecule has 6 nitrogen and oxygen atoms in total. The first kappa shape index (κ1) is 15.0. The fourth-order valence-corrected chi connectivity index (χ4v) is 2.20. The highest BCUT2D eigenvalue weighted by Gasteiger charge is 2.20. The number of benzene rings is 1. The van der Waals surface area contributed by atoms with Crippen LogP contribution in [0.2, 0.25) is 5.02 Å². The SMILES string of the molecule is CC(O)Cc1ncn(-c2ccc(C#N)c(Cl)c2)c1C(=O)O. The minimum absolute atomic E-state index is 0.0309. The molecule has 0 saturated heterocycles. The Labute approximate surface area is 125 Å². The van der Waals surface area contributed by atoms with Crippen molar-refractivity contribution in [2.24, 2.45) is 0 Å². The average molecular weight is 306 g/mol. The van der Waals surface area contributed by atoms with E-state index in [2.05, 4.69) is 4.98 Å². The summed E-state index contributed by atoms with van der Waals surface area (Å²) in [4.78, 5) is 15.5. The lowest BCUT2D eigenvalue weighted by atomic mass is 10.1. The molecule has 0 saturated carbocycles. The third kappa shape index (κ3) is 3.05. The lowest BCUT2D eigenvalue weighted by Gasteiger charge is -2.08. The van der Waals surface area contributed by atoms with Crippen LogP contribution >= 0.6 is 11.6 Å². The molecular weight excluding hydrogens is 294 g/mol. The Kier molecular flexibility index (Phi) is 4.26. The Balaban J connectivity index is 2.54. The monoisotopic (exact) mass is 305 g/mol. The van der Waals surface area contributed by atoms with Gasteiger partial charge in [-0.15, -0.1) is 0 Å². The van der Waals surface area contributed by atoms with Gasteiger partial charge in [-0.3, -0.25) is 4.57 Å². The second-order valence-corrected chi connectivity index (χ2v) is 4.95. The highest BCUT2D eigenvalue weighted by atomic mass is 35.5. The van der Waals surface area contributed by atoms with Crippen LogP contribution in [0.5, 0.6) is 0 Å². The third-order valence-electron chi connectivity index (χ3n) is 2.89. The normalized spacial score (nSPS) is 11.9. The smallest absolute Gasteiger partial charge is 0.354 e. The van der Waals surface area contributed by atoms with E-state index in [1.54, 1.807) is 13.0 Å². The van der Waals surface area contributed by atoms with Gasteiger partial charge < -0.3 is 10.2 Å². The topological polar surface area (TPSA) is 99.1 Å². The van der Waals surface area contributed by atoms with E-state index in [9.17, 15) is 15.0 Å². The Morgan fingerprint density at radius 2 is 2.29 bits per heavy atom. The summed E-state index contributed by atoms with van der Waals surface area (Å²) in [7, 11) is 0. The van der Waals surface area contributed by atoms with Crippen molar-refractivity contribution in [2.75, 3.05) is 0 Å². The maximum absolute atomic E-state index is 11.4. The number of imidazole rings is 1. The summed E-state index contributed by atoms with van der Waals surface area (Å²) < 4.78 is 1.37. The molecule has 2 N–H and O–H groups in total. The zero-order valence-corrected chi connectivity index (χ0v) is 11.9. The van der Waals surface area contributed by atoms with Crippen LogP contribution in [0, 0.1) is 11.3 Å². The van der Waals surface area contributed by atoms with Gasteiger partial charge in [0.2, 0.25) is 0 Å². The fraction of sp³-hybridized carbons (Fsp3) is 0.214. The van der Waals surface area contributed by atoms with Crippen molar-refractivity contribution >= 4 is 17.6 Å². The largest absolute Gasteiger partial charge is 0.477 e. The number of halogens is 1. The Hall–Kier alpha value is -2.36. The number of nitriles is 1. The van der Waals surface area contributed by atoms with E-state index < -0.39 is 12.1 Å². The molecule has 1 heterocycles. The van der Waals surface area contributed by atoms with Gasteiger partial charge in [-0.05, 0) is 25.1 Å². The summed E-state index contributed by atoms with van der Waals surface area (Å²) >= 11 is 5.96. The molecule has 1 aromatic heterocycles. The molecule has 1 aromatic carbocycles. The second kappa shape index (κ2) is 5.95. The molecule has 108 valence electrons. The molecule has 0 radical (unpaired) electrons. The van der Waals surface area contributed by atoms with E-state index in [0.29, 0.717) is 11.3 Å².